The zero-order valence-corrected chi connectivity index (χ0v) is 15.1. The lowest BCUT2D eigenvalue weighted by Crippen LogP contribution is -2.36. The molecule has 1 atom stereocenters. The van der Waals surface area contributed by atoms with Gasteiger partial charge in [-0.25, -0.2) is 9.18 Å². The van der Waals surface area contributed by atoms with Crippen LogP contribution in [0.5, 0.6) is 0 Å². The number of carboxylic acids is 1. The number of benzene rings is 1. The van der Waals surface area contributed by atoms with Gasteiger partial charge in [0.25, 0.3) is 0 Å². The number of carboxylic acid groups (broad SMARTS) is 1. The van der Waals surface area contributed by atoms with Crippen LogP contribution in [0.15, 0.2) is 16.6 Å². The third-order valence-electron chi connectivity index (χ3n) is 2.83. The average molecular weight is 430 g/mol. The second kappa shape index (κ2) is 7.59. The Bertz CT molecular complexity index is 671. The van der Waals surface area contributed by atoms with Gasteiger partial charge in [-0.3, -0.25) is 4.79 Å². The first kappa shape index (κ1) is 21.2. The lowest BCUT2D eigenvalue weighted by atomic mass is 10.0. The van der Waals surface area contributed by atoms with E-state index < -0.39 is 57.7 Å². The van der Waals surface area contributed by atoms with Crippen molar-refractivity contribution in [2.45, 2.75) is 45.0 Å². The molecule has 1 rings (SSSR count). The van der Waals surface area contributed by atoms with Crippen LogP contribution in [0.4, 0.5) is 22.4 Å². The summed E-state index contributed by atoms with van der Waals surface area (Å²) in [5, 5.41) is 11.0. The van der Waals surface area contributed by atoms with Gasteiger partial charge < -0.3 is 15.2 Å². The minimum Gasteiger partial charge on any atom is -0.481 e. The molecule has 0 bridgehead atoms. The molecule has 5 nitrogen and oxygen atoms in total. The van der Waals surface area contributed by atoms with Crippen molar-refractivity contribution in [2.75, 3.05) is 0 Å². The predicted octanol–water partition coefficient (Wildman–Crippen LogP) is 4.65. The third-order valence-corrected chi connectivity index (χ3v) is 3.41. The maximum atomic E-state index is 14.3. The summed E-state index contributed by atoms with van der Waals surface area (Å²) in [5.41, 5.74) is -2.72. The van der Waals surface area contributed by atoms with Crippen molar-refractivity contribution in [1.82, 2.24) is 5.32 Å². The molecule has 0 saturated heterocycles. The highest BCUT2D eigenvalue weighted by atomic mass is 79.9. The molecule has 2 N–H and O–H groups in total. The summed E-state index contributed by atoms with van der Waals surface area (Å²) in [5.74, 6) is -2.54. The Hall–Kier alpha value is -1.84. The minimum absolute atomic E-state index is 0.463. The number of hydrogen-bond donors (Lipinski definition) is 2. The topological polar surface area (TPSA) is 75.6 Å². The molecule has 1 aromatic carbocycles. The van der Waals surface area contributed by atoms with Gasteiger partial charge in [0.05, 0.1) is 22.5 Å². The molecular weight excluding hydrogens is 414 g/mol. The number of rotatable bonds is 4. The summed E-state index contributed by atoms with van der Waals surface area (Å²) in [7, 11) is 0. The molecule has 0 spiro atoms. The van der Waals surface area contributed by atoms with E-state index >= 15 is 0 Å². The zero-order valence-electron chi connectivity index (χ0n) is 13.5. The molecule has 0 heterocycles. The van der Waals surface area contributed by atoms with Gasteiger partial charge in [-0.2, -0.15) is 13.2 Å². The van der Waals surface area contributed by atoms with Crippen molar-refractivity contribution in [3.63, 3.8) is 0 Å². The van der Waals surface area contributed by atoms with E-state index in [0.717, 1.165) is 0 Å². The first-order valence-corrected chi connectivity index (χ1v) is 7.77. The van der Waals surface area contributed by atoms with Crippen molar-refractivity contribution in [3.05, 3.63) is 33.5 Å². The van der Waals surface area contributed by atoms with Crippen LogP contribution in [-0.2, 0) is 15.7 Å². The summed E-state index contributed by atoms with van der Waals surface area (Å²) in [6.45, 7) is 4.63. The monoisotopic (exact) mass is 429 g/mol. The van der Waals surface area contributed by atoms with E-state index in [4.69, 9.17) is 9.84 Å². The summed E-state index contributed by atoms with van der Waals surface area (Å²) < 4.78 is 57.5. The van der Waals surface area contributed by atoms with Gasteiger partial charge in [-0.1, -0.05) is 0 Å². The Labute approximate surface area is 149 Å². The maximum Gasteiger partial charge on any atom is 0.416 e. The van der Waals surface area contributed by atoms with Crippen LogP contribution < -0.4 is 5.32 Å². The molecular formula is C15H16BrF4NO4. The largest absolute Gasteiger partial charge is 0.481 e. The van der Waals surface area contributed by atoms with Crippen molar-refractivity contribution in [3.8, 4) is 0 Å². The van der Waals surface area contributed by atoms with E-state index in [9.17, 15) is 27.2 Å². The lowest BCUT2D eigenvalue weighted by molar-refractivity contribution is -0.138. The fraction of sp³-hybridized carbons (Fsp3) is 0.467. The maximum absolute atomic E-state index is 14.3. The molecule has 1 amide bonds. The predicted molar refractivity (Wildman–Crippen MR) is 83.5 cm³/mol. The van der Waals surface area contributed by atoms with Crippen molar-refractivity contribution in [1.29, 1.82) is 0 Å². The smallest absolute Gasteiger partial charge is 0.416 e. The number of alkyl carbamates (subject to hydrolysis) is 1. The summed E-state index contributed by atoms with van der Waals surface area (Å²) in [6, 6.07) is -0.555. The lowest BCUT2D eigenvalue weighted by Gasteiger charge is -2.24. The van der Waals surface area contributed by atoms with Gasteiger partial charge >= 0.3 is 18.2 Å². The average Bonchev–Trinajstić information content (AvgIpc) is 2.36. The third kappa shape index (κ3) is 6.52. The first-order chi connectivity index (χ1) is 11.2. The number of amides is 1. The molecule has 0 unspecified atom stereocenters. The summed E-state index contributed by atoms with van der Waals surface area (Å²) in [4.78, 5) is 22.8. The van der Waals surface area contributed by atoms with Gasteiger partial charge in [-0.15, -0.1) is 0 Å². The number of carbonyl (C=O) groups excluding carboxylic acids is 1. The Morgan fingerprint density at radius 1 is 1.28 bits per heavy atom. The Balaban J connectivity index is 3.29. The first-order valence-electron chi connectivity index (χ1n) is 6.98. The van der Waals surface area contributed by atoms with E-state index in [1.165, 1.54) is 0 Å². The molecule has 1 aromatic rings. The van der Waals surface area contributed by atoms with Crippen LogP contribution in [0.1, 0.15) is 44.4 Å². The van der Waals surface area contributed by atoms with Gasteiger partial charge in [0.1, 0.15) is 11.4 Å². The number of ether oxygens (including phenoxy) is 1. The fourth-order valence-electron chi connectivity index (χ4n) is 1.89. The number of alkyl halides is 3. The molecule has 0 aliphatic rings. The standard InChI is InChI=1S/C15H16BrF4NO4/c1-14(2,3)25-13(24)21-10(6-11(22)23)8-4-7(15(18,19)20)5-9(16)12(8)17/h4-5,10H,6H2,1-3H3,(H,21,24)(H,22,23)/t10-/m0/s1. The van der Waals surface area contributed by atoms with E-state index in [1.807, 2.05) is 0 Å². The fourth-order valence-corrected chi connectivity index (χ4v) is 2.37. The van der Waals surface area contributed by atoms with Crippen LogP contribution in [0.3, 0.4) is 0 Å². The number of carbonyl (C=O) groups is 2. The number of hydrogen-bond acceptors (Lipinski definition) is 3. The van der Waals surface area contributed by atoms with Crippen molar-refractivity contribution in [2.24, 2.45) is 0 Å². The molecule has 0 aliphatic carbocycles. The van der Waals surface area contributed by atoms with Crippen molar-refractivity contribution >= 4 is 28.0 Å². The number of aliphatic carboxylic acids is 1. The summed E-state index contributed by atoms with van der Waals surface area (Å²) in [6.07, 6.45) is -6.68. The molecule has 25 heavy (non-hydrogen) atoms. The highest BCUT2D eigenvalue weighted by Gasteiger charge is 2.34. The second-order valence-corrected chi connectivity index (χ2v) is 7.01. The molecule has 10 heteroatoms. The molecule has 0 fully saturated rings. The molecule has 0 radical (unpaired) electrons. The van der Waals surface area contributed by atoms with Gasteiger partial charge in [0.2, 0.25) is 0 Å². The Morgan fingerprint density at radius 2 is 1.84 bits per heavy atom. The van der Waals surface area contributed by atoms with Gasteiger partial charge in [0.15, 0.2) is 0 Å². The molecule has 0 aromatic heterocycles. The van der Waals surface area contributed by atoms with E-state index in [0.29, 0.717) is 12.1 Å². The second-order valence-electron chi connectivity index (χ2n) is 6.16. The molecule has 0 aliphatic heterocycles. The highest BCUT2D eigenvalue weighted by molar-refractivity contribution is 9.10. The number of nitrogens with one attached hydrogen (secondary N) is 1. The highest BCUT2D eigenvalue weighted by Crippen LogP contribution is 2.36. The van der Waals surface area contributed by atoms with E-state index in [-0.39, 0.29) is 0 Å². The number of halogens is 5. The van der Waals surface area contributed by atoms with Crippen LogP contribution in [0.2, 0.25) is 0 Å². The van der Waals surface area contributed by atoms with Crippen LogP contribution in [0.25, 0.3) is 0 Å². The van der Waals surface area contributed by atoms with Gasteiger partial charge in [-0.05, 0) is 48.8 Å². The van der Waals surface area contributed by atoms with Crippen LogP contribution in [-0.4, -0.2) is 22.8 Å². The normalized spacial score (nSPS) is 13.3. The molecule has 0 saturated carbocycles. The quantitative estimate of drug-likeness (QED) is 0.683. The SMILES string of the molecule is CC(C)(C)OC(=O)N[C@@H](CC(=O)O)c1cc(C(F)(F)F)cc(Br)c1F. The zero-order chi connectivity index (χ0) is 19.6. The van der Waals surface area contributed by atoms with Crippen LogP contribution >= 0.6 is 15.9 Å². The van der Waals surface area contributed by atoms with Gasteiger partial charge in [0, 0.05) is 5.56 Å². The van der Waals surface area contributed by atoms with Crippen molar-refractivity contribution < 1.29 is 37.0 Å². The van der Waals surface area contributed by atoms with E-state index in [1.54, 1.807) is 20.8 Å². The van der Waals surface area contributed by atoms with Crippen LogP contribution in [0, 0.1) is 5.82 Å². The Morgan fingerprint density at radius 3 is 2.28 bits per heavy atom. The summed E-state index contributed by atoms with van der Waals surface area (Å²) >= 11 is 2.67. The molecule has 140 valence electrons. The van der Waals surface area contributed by atoms with E-state index in [2.05, 4.69) is 21.2 Å². The Kier molecular flexibility index (Phi) is 6.44. The minimum atomic E-state index is -4.77.